The van der Waals surface area contributed by atoms with E-state index in [4.69, 9.17) is 5.73 Å². The number of anilines is 3. The van der Waals surface area contributed by atoms with Gasteiger partial charge in [0.15, 0.2) is 5.13 Å². The molecule has 4 rings (SSSR count). The summed E-state index contributed by atoms with van der Waals surface area (Å²) in [6.07, 6.45) is 3.60. The van der Waals surface area contributed by atoms with Crippen molar-refractivity contribution in [3.63, 3.8) is 0 Å². The number of carbonyl (C=O) groups excluding carboxylic acids is 2. The number of aromatic nitrogens is 1. The Hall–Kier alpha value is -3.43. The second-order valence-corrected chi connectivity index (χ2v) is 9.96. The Bertz CT molecular complexity index is 1190. The maximum Gasteiger partial charge on any atom is 0.319 e. The summed E-state index contributed by atoms with van der Waals surface area (Å²) >= 11 is 1.54. The van der Waals surface area contributed by atoms with Gasteiger partial charge in [-0.25, -0.2) is 9.78 Å². The standard InChI is InChI=1S/C26H32N6O2S/c1-3-4-11-21(29-25(34)28-20-10-6-9-19(27)15-20)17-7-5-8-18(14-17)24(33)31-26-30-22-12-13-32(2)16-23(22)35-26/h5-10,14-15,21H,3-4,11-13,16,27H2,1-2H3,(H2,28,29,34)(H,30,31,33)/t21-/m1/s1. The van der Waals surface area contributed by atoms with Gasteiger partial charge in [0.2, 0.25) is 0 Å². The van der Waals surface area contributed by atoms with Gasteiger partial charge in [0, 0.05) is 41.3 Å². The van der Waals surface area contributed by atoms with Crippen LogP contribution in [0.5, 0.6) is 0 Å². The van der Waals surface area contributed by atoms with E-state index in [1.165, 1.54) is 16.2 Å². The van der Waals surface area contributed by atoms with Crippen molar-refractivity contribution < 1.29 is 9.59 Å². The molecule has 1 atom stereocenters. The molecule has 0 unspecified atom stereocenters. The van der Waals surface area contributed by atoms with Crippen molar-refractivity contribution in [2.45, 2.75) is 45.2 Å². The predicted molar refractivity (Wildman–Crippen MR) is 142 cm³/mol. The van der Waals surface area contributed by atoms with Gasteiger partial charge in [-0.15, -0.1) is 11.3 Å². The van der Waals surface area contributed by atoms with Crippen molar-refractivity contribution in [1.82, 2.24) is 15.2 Å². The lowest BCUT2D eigenvalue weighted by atomic mass is 9.99. The monoisotopic (exact) mass is 492 g/mol. The summed E-state index contributed by atoms with van der Waals surface area (Å²) in [5, 5.41) is 9.47. The molecule has 1 aliphatic heterocycles. The zero-order valence-corrected chi connectivity index (χ0v) is 21.0. The van der Waals surface area contributed by atoms with Crippen LogP contribution in [0.1, 0.15) is 58.7 Å². The Balaban J connectivity index is 1.45. The van der Waals surface area contributed by atoms with Crippen LogP contribution in [0.25, 0.3) is 0 Å². The Labute approximate surface area is 209 Å². The fourth-order valence-corrected chi connectivity index (χ4v) is 5.20. The summed E-state index contributed by atoms with van der Waals surface area (Å²) in [7, 11) is 2.09. The third kappa shape index (κ3) is 6.58. The van der Waals surface area contributed by atoms with Crippen LogP contribution in [0.2, 0.25) is 0 Å². The first kappa shape index (κ1) is 24.7. The van der Waals surface area contributed by atoms with Gasteiger partial charge in [0.1, 0.15) is 0 Å². The number of nitrogens with two attached hydrogens (primary N) is 1. The van der Waals surface area contributed by atoms with Crippen LogP contribution in [0, 0.1) is 0 Å². The van der Waals surface area contributed by atoms with Gasteiger partial charge < -0.3 is 21.3 Å². The summed E-state index contributed by atoms with van der Waals surface area (Å²) in [4.78, 5) is 33.8. The minimum atomic E-state index is -0.315. The number of rotatable bonds is 8. The van der Waals surface area contributed by atoms with E-state index >= 15 is 0 Å². The van der Waals surface area contributed by atoms with Gasteiger partial charge in [0.25, 0.3) is 5.91 Å². The second kappa shape index (κ2) is 11.3. The van der Waals surface area contributed by atoms with Gasteiger partial charge >= 0.3 is 6.03 Å². The molecule has 9 heteroatoms. The highest BCUT2D eigenvalue weighted by Gasteiger charge is 2.20. The molecule has 5 N–H and O–H groups in total. The van der Waals surface area contributed by atoms with Crippen LogP contribution in [0.3, 0.4) is 0 Å². The number of thiazole rings is 1. The molecule has 8 nitrogen and oxygen atoms in total. The van der Waals surface area contributed by atoms with E-state index in [0.29, 0.717) is 22.1 Å². The van der Waals surface area contributed by atoms with Crippen molar-refractivity contribution in [2.24, 2.45) is 0 Å². The molecule has 0 spiro atoms. The fourth-order valence-electron chi connectivity index (χ4n) is 4.11. The third-order valence-electron chi connectivity index (χ3n) is 5.99. The number of hydrogen-bond acceptors (Lipinski definition) is 6. The van der Waals surface area contributed by atoms with Crippen LogP contribution in [-0.2, 0) is 13.0 Å². The fraction of sp³-hybridized carbons (Fsp3) is 0.346. The van der Waals surface area contributed by atoms with E-state index in [1.807, 2.05) is 18.2 Å². The number of unbranched alkanes of at least 4 members (excludes halogenated alkanes) is 1. The SMILES string of the molecule is CCCC[C@@H](NC(=O)Nc1cccc(N)c1)c1cccc(C(=O)Nc2nc3c(s2)CN(C)CC3)c1. The van der Waals surface area contributed by atoms with Crippen LogP contribution in [-0.4, -0.2) is 35.4 Å². The zero-order chi connectivity index (χ0) is 24.8. The molecule has 0 radical (unpaired) electrons. The number of fused-ring (bicyclic) bond motifs is 1. The summed E-state index contributed by atoms with van der Waals surface area (Å²) < 4.78 is 0. The molecular formula is C26H32N6O2S. The molecule has 0 saturated heterocycles. The van der Waals surface area contributed by atoms with Crippen LogP contribution in [0.15, 0.2) is 48.5 Å². The van der Waals surface area contributed by atoms with Crippen LogP contribution < -0.4 is 21.7 Å². The quantitative estimate of drug-likeness (QED) is 0.330. The first-order valence-corrected chi connectivity index (χ1v) is 12.7. The maximum absolute atomic E-state index is 13.0. The lowest BCUT2D eigenvalue weighted by molar-refractivity contribution is 0.102. The van der Waals surface area contributed by atoms with E-state index < -0.39 is 0 Å². The lowest BCUT2D eigenvalue weighted by Gasteiger charge is -2.20. The number of benzene rings is 2. The van der Waals surface area contributed by atoms with Gasteiger partial charge in [-0.1, -0.05) is 38.0 Å². The Morgan fingerprint density at radius 2 is 2.00 bits per heavy atom. The number of nitrogen functional groups attached to an aromatic ring is 1. The van der Waals surface area contributed by atoms with Crippen molar-refractivity contribution in [3.05, 3.63) is 70.2 Å². The first-order valence-electron chi connectivity index (χ1n) is 11.9. The smallest absolute Gasteiger partial charge is 0.319 e. The van der Waals surface area contributed by atoms with E-state index in [1.54, 1.807) is 30.3 Å². The molecule has 0 aliphatic carbocycles. The Morgan fingerprint density at radius 3 is 2.80 bits per heavy atom. The highest BCUT2D eigenvalue weighted by Crippen LogP contribution is 2.28. The topological polar surface area (TPSA) is 112 Å². The molecule has 35 heavy (non-hydrogen) atoms. The van der Waals surface area contributed by atoms with Crippen molar-refractivity contribution >= 4 is 39.8 Å². The molecule has 184 valence electrons. The molecule has 0 saturated carbocycles. The average Bonchev–Trinajstić information content (AvgIpc) is 3.23. The lowest BCUT2D eigenvalue weighted by Crippen LogP contribution is -2.32. The van der Waals surface area contributed by atoms with Gasteiger partial charge in [-0.2, -0.15) is 0 Å². The number of nitrogens with one attached hydrogen (secondary N) is 3. The van der Waals surface area contributed by atoms with Crippen molar-refractivity contribution in [1.29, 1.82) is 0 Å². The van der Waals surface area contributed by atoms with Gasteiger partial charge in [-0.3, -0.25) is 10.1 Å². The summed E-state index contributed by atoms with van der Waals surface area (Å²) in [6, 6.07) is 13.9. The Morgan fingerprint density at radius 1 is 1.17 bits per heavy atom. The number of carbonyl (C=O) groups is 2. The van der Waals surface area contributed by atoms with E-state index in [9.17, 15) is 9.59 Å². The Kier molecular flexibility index (Phi) is 7.99. The number of urea groups is 1. The van der Waals surface area contributed by atoms with Crippen molar-refractivity contribution in [3.8, 4) is 0 Å². The highest BCUT2D eigenvalue weighted by molar-refractivity contribution is 7.15. The van der Waals surface area contributed by atoms with Crippen molar-refractivity contribution in [2.75, 3.05) is 30.0 Å². The normalized spacial score (nSPS) is 14.1. The molecule has 3 aromatic rings. The van der Waals surface area contributed by atoms with E-state index in [-0.39, 0.29) is 18.0 Å². The summed E-state index contributed by atoms with van der Waals surface area (Å²) in [6.45, 7) is 3.95. The first-order chi connectivity index (χ1) is 16.9. The van der Waals surface area contributed by atoms with E-state index in [2.05, 4.69) is 39.8 Å². The summed E-state index contributed by atoms with van der Waals surface area (Å²) in [5.41, 5.74) is 9.51. The molecule has 1 aromatic heterocycles. The second-order valence-electron chi connectivity index (χ2n) is 8.87. The molecule has 0 bridgehead atoms. The van der Waals surface area contributed by atoms with Gasteiger partial charge in [-0.05, 0) is 49.4 Å². The minimum Gasteiger partial charge on any atom is -0.399 e. The minimum absolute atomic E-state index is 0.204. The maximum atomic E-state index is 13.0. The largest absolute Gasteiger partial charge is 0.399 e. The predicted octanol–water partition coefficient (Wildman–Crippen LogP) is 5.02. The number of likely N-dealkylation sites (N-methyl/N-ethyl adjacent to an activating group) is 1. The molecule has 0 fully saturated rings. The number of hydrogen-bond donors (Lipinski definition) is 4. The zero-order valence-electron chi connectivity index (χ0n) is 20.1. The molecular weight excluding hydrogens is 460 g/mol. The van der Waals surface area contributed by atoms with Gasteiger partial charge in [0.05, 0.1) is 11.7 Å². The molecule has 3 amide bonds. The highest BCUT2D eigenvalue weighted by atomic mass is 32.1. The molecule has 2 heterocycles. The van der Waals surface area contributed by atoms with Crippen LogP contribution in [0.4, 0.5) is 21.3 Å². The molecule has 2 aromatic carbocycles. The van der Waals surface area contributed by atoms with Crippen LogP contribution >= 0.6 is 11.3 Å². The molecule has 1 aliphatic rings. The number of amides is 3. The number of nitrogens with zero attached hydrogens (tertiary/aromatic N) is 2. The third-order valence-corrected chi connectivity index (χ3v) is 6.99. The summed E-state index contributed by atoms with van der Waals surface area (Å²) in [5.74, 6) is -0.204. The average molecular weight is 493 g/mol. The van der Waals surface area contributed by atoms with E-state index in [0.717, 1.165) is 50.0 Å².